The van der Waals surface area contributed by atoms with E-state index in [1.807, 2.05) is 0 Å². The van der Waals surface area contributed by atoms with Crippen molar-refractivity contribution in [2.24, 2.45) is 17.1 Å². The topological polar surface area (TPSA) is 70.1 Å². The summed E-state index contributed by atoms with van der Waals surface area (Å²) >= 11 is 0. The molecule has 4 nitrogen and oxygen atoms in total. The molecule has 0 aromatic rings. The molecule has 4 atom stereocenters. The lowest BCUT2D eigenvalue weighted by molar-refractivity contribution is -0.134. The average Bonchev–Trinajstić information content (AvgIpc) is 2.86. The second-order valence-electron chi connectivity index (χ2n) is 6.56. The number of likely N-dealkylation sites (tertiary alicyclic amines) is 1. The van der Waals surface area contributed by atoms with Crippen LogP contribution in [0.5, 0.6) is 0 Å². The van der Waals surface area contributed by atoms with Crippen LogP contribution in [-0.2, 0) is 4.79 Å². The third kappa shape index (κ3) is 2.44. The third-order valence-corrected chi connectivity index (χ3v) is 3.66. The van der Waals surface area contributed by atoms with Gasteiger partial charge in [0.2, 0.25) is 5.91 Å². The second kappa shape index (κ2) is 3.99. The minimum atomic E-state index is -0.467. The van der Waals surface area contributed by atoms with E-state index in [9.17, 15) is 4.79 Å². The van der Waals surface area contributed by atoms with Crippen LogP contribution in [0, 0.1) is 22.7 Å². The first-order valence-corrected chi connectivity index (χ1v) is 6.31. The summed E-state index contributed by atoms with van der Waals surface area (Å²) in [6.07, 6.45) is 2.57. The first-order valence-electron chi connectivity index (χ1n) is 6.31. The van der Waals surface area contributed by atoms with E-state index >= 15 is 0 Å². The van der Waals surface area contributed by atoms with Crippen molar-refractivity contribution in [1.29, 1.82) is 5.26 Å². The maximum Gasteiger partial charge on any atom is 0.240 e. The lowest BCUT2D eigenvalue weighted by Gasteiger charge is -2.29. The van der Waals surface area contributed by atoms with E-state index in [2.05, 4.69) is 26.8 Å². The Labute approximate surface area is 103 Å². The van der Waals surface area contributed by atoms with Gasteiger partial charge in [-0.2, -0.15) is 5.26 Å². The van der Waals surface area contributed by atoms with E-state index in [0.29, 0.717) is 18.4 Å². The molecule has 1 saturated heterocycles. The highest BCUT2D eigenvalue weighted by molar-refractivity contribution is 5.83. The summed E-state index contributed by atoms with van der Waals surface area (Å²) in [5.74, 6) is 0.530. The molecule has 17 heavy (non-hydrogen) atoms. The molecule has 94 valence electrons. The molecule has 1 saturated carbocycles. The molecule has 4 heteroatoms. The van der Waals surface area contributed by atoms with Gasteiger partial charge in [0.1, 0.15) is 6.04 Å². The predicted molar refractivity (Wildman–Crippen MR) is 64.8 cm³/mol. The molecular weight excluding hydrogens is 214 g/mol. The highest BCUT2D eigenvalue weighted by Crippen LogP contribution is 2.47. The molecule has 0 aromatic carbocycles. The Morgan fingerprint density at radius 1 is 1.53 bits per heavy atom. The van der Waals surface area contributed by atoms with Crippen LogP contribution in [0.25, 0.3) is 0 Å². The molecule has 0 radical (unpaired) electrons. The first-order chi connectivity index (χ1) is 7.83. The number of hydrogen-bond donors (Lipinski definition) is 1. The number of carbonyl (C=O) groups is 1. The van der Waals surface area contributed by atoms with Crippen LogP contribution in [0.2, 0.25) is 0 Å². The molecule has 0 bridgehead atoms. The Kier molecular flexibility index (Phi) is 2.90. The van der Waals surface area contributed by atoms with Crippen LogP contribution in [0.1, 0.15) is 40.0 Å². The summed E-state index contributed by atoms with van der Waals surface area (Å²) < 4.78 is 0. The number of carbonyl (C=O) groups excluding carboxylic acids is 1. The molecule has 0 aromatic heterocycles. The van der Waals surface area contributed by atoms with E-state index in [4.69, 9.17) is 11.0 Å². The molecular formula is C13H21N3O. The third-order valence-electron chi connectivity index (χ3n) is 3.66. The molecule has 0 spiro atoms. The van der Waals surface area contributed by atoms with Gasteiger partial charge in [0.05, 0.1) is 12.1 Å². The van der Waals surface area contributed by atoms with Gasteiger partial charge in [0.25, 0.3) is 0 Å². The summed E-state index contributed by atoms with van der Waals surface area (Å²) in [5.41, 5.74) is 6.02. The first kappa shape index (κ1) is 12.4. The second-order valence-corrected chi connectivity index (χ2v) is 6.56. The SMILES string of the molecule is CC(C)(C)C[C@H](N)C(=O)N1[C@H](C#N)C[C@@H]2C[C@@H]21. The van der Waals surface area contributed by atoms with Gasteiger partial charge in [-0.1, -0.05) is 20.8 Å². The van der Waals surface area contributed by atoms with Gasteiger partial charge in [-0.25, -0.2) is 0 Å². The zero-order valence-corrected chi connectivity index (χ0v) is 10.8. The zero-order chi connectivity index (χ0) is 12.8. The standard InChI is InChI=1S/C13H21N3O/c1-13(2,3)6-10(15)12(17)16-9(7-14)4-8-5-11(8)16/h8-11H,4-6,15H2,1-3H3/t8-,9+,10+,11+/m1/s1. The maximum atomic E-state index is 12.3. The van der Waals surface area contributed by atoms with Gasteiger partial charge < -0.3 is 10.6 Å². The van der Waals surface area contributed by atoms with E-state index < -0.39 is 6.04 Å². The fraction of sp³-hybridized carbons (Fsp3) is 0.846. The molecule has 2 N–H and O–H groups in total. The van der Waals surface area contributed by atoms with Crippen molar-refractivity contribution in [2.45, 2.75) is 58.2 Å². The van der Waals surface area contributed by atoms with Gasteiger partial charge in [-0.05, 0) is 30.6 Å². The van der Waals surface area contributed by atoms with Gasteiger partial charge in [-0.15, -0.1) is 0 Å². The van der Waals surface area contributed by atoms with E-state index in [1.54, 1.807) is 4.90 Å². The molecule has 1 amide bonds. The van der Waals surface area contributed by atoms with Gasteiger partial charge in [0.15, 0.2) is 0 Å². The van der Waals surface area contributed by atoms with Crippen LogP contribution in [-0.4, -0.2) is 28.9 Å². The quantitative estimate of drug-likeness (QED) is 0.783. The number of nitrogens with zero attached hydrogens (tertiary/aromatic N) is 2. The average molecular weight is 235 g/mol. The number of fused-ring (bicyclic) bond motifs is 1. The monoisotopic (exact) mass is 235 g/mol. The summed E-state index contributed by atoms with van der Waals surface area (Å²) in [5, 5.41) is 9.05. The Morgan fingerprint density at radius 2 is 2.18 bits per heavy atom. The van der Waals surface area contributed by atoms with Gasteiger partial charge in [0, 0.05) is 6.04 Å². The van der Waals surface area contributed by atoms with E-state index in [0.717, 1.165) is 12.8 Å². The summed E-state index contributed by atoms with van der Waals surface area (Å²) in [6.45, 7) is 6.23. The summed E-state index contributed by atoms with van der Waals surface area (Å²) in [6, 6.07) is 1.82. The Morgan fingerprint density at radius 3 is 2.71 bits per heavy atom. The van der Waals surface area contributed by atoms with Crippen molar-refractivity contribution in [2.75, 3.05) is 0 Å². The molecule has 2 aliphatic rings. The number of hydrogen-bond acceptors (Lipinski definition) is 3. The van der Waals surface area contributed by atoms with Crippen molar-refractivity contribution in [3.8, 4) is 6.07 Å². The van der Waals surface area contributed by atoms with Crippen LogP contribution in [0.15, 0.2) is 0 Å². The van der Waals surface area contributed by atoms with Crippen LogP contribution in [0.3, 0.4) is 0 Å². The van der Waals surface area contributed by atoms with Crippen molar-refractivity contribution in [3.05, 3.63) is 0 Å². The molecule has 1 heterocycles. The van der Waals surface area contributed by atoms with Gasteiger partial charge in [-0.3, -0.25) is 4.79 Å². The highest BCUT2D eigenvalue weighted by Gasteiger charge is 2.54. The number of nitriles is 1. The summed E-state index contributed by atoms with van der Waals surface area (Å²) in [4.78, 5) is 14.0. The fourth-order valence-corrected chi connectivity index (χ4v) is 2.83. The smallest absolute Gasteiger partial charge is 0.240 e. The fourth-order valence-electron chi connectivity index (χ4n) is 2.83. The van der Waals surface area contributed by atoms with Crippen molar-refractivity contribution >= 4 is 5.91 Å². The molecule has 1 aliphatic carbocycles. The van der Waals surface area contributed by atoms with E-state index in [1.165, 1.54) is 0 Å². The van der Waals surface area contributed by atoms with Crippen molar-refractivity contribution < 1.29 is 4.79 Å². The predicted octanol–water partition coefficient (Wildman–Crippen LogP) is 1.26. The number of rotatable bonds is 2. The Balaban J connectivity index is 2.02. The highest BCUT2D eigenvalue weighted by atomic mass is 16.2. The zero-order valence-electron chi connectivity index (χ0n) is 10.8. The summed E-state index contributed by atoms with van der Waals surface area (Å²) in [7, 11) is 0. The molecule has 2 rings (SSSR count). The number of nitrogens with two attached hydrogens (primary N) is 1. The Hall–Kier alpha value is -1.08. The lowest BCUT2D eigenvalue weighted by Crippen LogP contribution is -2.48. The maximum absolute atomic E-state index is 12.3. The minimum absolute atomic E-state index is 0.0310. The minimum Gasteiger partial charge on any atom is -0.322 e. The molecule has 0 unspecified atom stereocenters. The van der Waals surface area contributed by atoms with Crippen molar-refractivity contribution in [3.63, 3.8) is 0 Å². The number of amides is 1. The normalized spacial score (nSPS) is 32.9. The lowest BCUT2D eigenvalue weighted by atomic mass is 9.88. The van der Waals surface area contributed by atoms with Gasteiger partial charge >= 0.3 is 0 Å². The van der Waals surface area contributed by atoms with Crippen LogP contribution >= 0.6 is 0 Å². The number of piperidine rings is 1. The molecule has 1 aliphatic heterocycles. The van der Waals surface area contributed by atoms with Crippen LogP contribution in [0.4, 0.5) is 0 Å². The largest absolute Gasteiger partial charge is 0.322 e. The Bertz CT molecular complexity index is 366. The van der Waals surface area contributed by atoms with Crippen LogP contribution < -0.4 is 5.73 Å². The van der Waals surface area contributed by atoms with Crippen molar-refractivity contribution in [1.82, 2.24) is 4.90 Å². The molecule has 2 fully saturated rings. The van der Waals surface area contributed by atoms with E-state index in [-0.39, 0.29) is 17.4 Å².